The van der Waals surface area contributed by atoms with Crippen molar-refractivity contribution in [3.8, 4) is 0 Å². The van der Waals surface area contributed by atoms with Crippen molar-refractivity contribution in [2.45, 2.75) is 26.0 Å². The fourth-order valence-corrected chi connectivity index (χ4v) is 0.852. The molecule has 0 radical (unpaired) electrons. The predicted octanol–water partition coefficient (Wildman–Crippen LogP) is 1.66. The minimum atomic E-state index is 0.121. The maximum Gasteiger partial charge on any atom is 0.107 e. The first-order valence-corrected chi connectivity index (χ1v) is 4.12. The molecule has 0 aromatic rings. The third-order valence-corrected chi connectivity index (χ3v) is 1.53. The Morgan fingerprint density at radius 3 is 2.92 bits per heavy atom. The van der Waals surface area contributed by atoms with Crippen LogP contribution in [0.2, 0.25) is 0 Å². The van der Waals surface area contributed by atoms with Crippen molar-refractivity contribution in [1.29, 1.82) is 0 Å². The van der Waals surface area contributed by atoms with Crippen LogP contribution >= 0.6 is 0 Å². The first kappa shape index (κ1) is 11.2. The maximum atomic E-state index is 7.98. The lowest BCUT2D eigenvalue weighted by Crippen LogP contribution is -2.31. The number of rotatable bonds is 7. The van der Waals surface area contributed by atoms with E-state index in [4.69, 9.17) is 10.3 Å². The van der Waals surface area contributed by atoms with Crippen molar-refractivity contribution >= 4 is 0 Å². The molecule has 0 aliphatic rings. The molecule has 0 fully saturated rings. The number of hydrogen-bond acceptors (Lipinski definition) is 3. The van der Waals surface area contributed by atoms with Gasteiger partial charge in [-0.05, 0) is 24.9 Å². The average Bonchev–Trinajstić information content (AvgIpc) is 2.11. The minimum Gasteiger partial charge on any atom is -0.367 e. The van der Waals surface area contributed by atoms with Crippen molar-refractivity contribution in [2.24, 2.45) is 5.11 Å². The zero-order valence-corrected chi connectivity index (χ0v) is 7.66. The first-order valence-electron chi connectivity index (χ1n) is 4.12. The fraction of sp³-hybridized carbons (Fsp3) is 1.00. The summed E-state index contributed by atoms with van der Waals surface area (Å²) < 4.78 is 5.09. The molecular weight excluding hydrogens is 156 g/mol. The summed E-state index contributed by atoms with van der Waals surface area (Å²) in [6.07, 6.45) is 1.91. The number of azide groups is 1. The molecule has 0 aliphatic carbocycles. The van der Waals surface area contributed by atoms with E-state index >= 15 is 0 Å². The van der Waals surface area contributed by atoms with Crippen molar-refractivity contribution in [3.05, 3.63) is 10.4 Å². The van der Waals surface area contributed by atoms with E-state index in [-0.39, 0.29) is 6.23 Å². The topological polar surface area (TPSA) is 70.0 Å². The lowest BCUT2D eigenvalue weighted by molar-refractivity contribution is 0.0711. The second-order valence-electron chi connectivity index (χ2n) is 2.39. The van der Waals surface area contributed by atoms with Crippen molar-refractivity contribution in [3.63, 3.8) is 0 Å². The summed E-state index contributed by atoms with van der Waals surface area (Å²) in [6.45, 7) is 3.42. The molecule has 0 amide bonds. The summed E-state index contributed by atoms with van der Waals surface area (Å²) in [5.41, 5.74) is 7.98. The van der Waals surface area contributed by atoms with E-state index in [1.807, 2.05) is 0 Å². The molecular formula is C7H16N4O. The third-order valence-electron chi connectivity index (χ3n) is 1.53. The molecule has 12 heavy (non-hydrogen) atoms. The third kappa shape index (κ3) is 5.97. The van der Waals surface area contributed by atoms with Gasteiger partial charge in [0, 0.05) is 18.6 Å². The summed E-state index contributed by atoms with van der Waals surface area (Å²) >= 11 is 0. The van der Waals surface area contributed by atoms with Crippen LogP contribution < -0.4 is 5.32 Å². The molecule has 0 saturated heterocycles. The summed E-state index contributed by atoms with van der Waals surface area (Å²) in [5.74, 6) is 0. The van der Waals surface area contributed by atoms with Crippen molar-refractivity contribution < 1.29 is 4.74 Å². The number of ether oxygens (including phenoxy) is 1. The van der Waals surface area contributed by atoms with Crippen LogP contribution in [0.15, 0.2) is 5.11 Å². The monoisotopic (exact) mass is 172 g/mol. The highest BCUT2D eigenvalue weighted by atomic mass is 16.5. The Hall–Kier alpha value is -0.770. The van der Waals surface area contributed by atoms with Crippen LogP contribution in [0.3, 0.4) is 0 Å². The van der Waals surface area contributed by atoms with Crippen LogP contribution in [0.1, 0.15) is 19.8 Å². The molecule has 0 heterocycles. The van der Waals surface area contributed by atoms with Crippen molar-refractivity contribution in [1.82, 2.24) is 5.32 Å². The molecule has 5 heteroatoms. The van der Waals surface area contributed by atoms with Crippen LogP contribution in [0.4, 0.5) is 0 Å². The number of nitrogens with zero attached hydrogens (tertiary/aromatic N) is 3. The molecule has 0 spiro atoms. The van der Waals surface area contributed by atoms with Crippen LogP contribution in [0.25, 0.3) is 10.4 Å². The first-order chi connectivity index (χ1) is 5.85. The maximum absolute atomic E-state index is 7.98. The normalized spacial score (nSPS) is 12.2. The fourth-order valence-electron chi connectivity index (χ4n) is 0.852. The Labute approximate surface area is 72.7 Å². The van der Waals surface area contributed by atoms with Gasteiger partial charge in [0.1, 0.15) is 6.23 Å². The molecule has 0 aromatic heterocycles. The van der Waals surface area contributed by atoms with Crippen LogP contribution in [0, 0.1) is 0 Å². The molecule has 70 valence electrons. The van der Waals surface area contributed by atoms with E-state index in [1.54, 1.807) is 7.11 Å². The molecule has 1 N–H and O–H groups in total. The molecule has 1 unspecified atom stereocenters. The van der Waals surface area contributed by atoms with Gasteiger partial charge in [0.2, 0.25) is 0 Å². The molecule has 0 rings (SSSR count). The van der Waals surface area contributed by atoms with E-state index < -0.39 is 0 Å². The van der Waals surface area contributed by atoms with Gasteiger partial charge in [-0.15, -0.1) is 0 Å². The smallest absolute Gasteiger partial charge is 0.107 e. The van der Waals surface area contributed by atoms with Gasteiger partial charge in [-0.2, -0.15) is 0 Å². The lowest BCUT2D eigenvalue weighted by atomic mass is 10.4. The summed E-state index contributed by atoms with van der Waals surface area (Å²) in [4.78, 5) is 2.66. The average molecular weight is 172 g/mol. The van der Waals surface area contributed by atoms with E-state index in [0.717, 1.165) is 19.4 Å². The molecule has 0 bridgehead atoms. The second-order valence-corrected chi connectivity index (χ2v) is 2.39. The standard InChI is InChI=1S/C7H16N4O/c1-3-7(12-2)9-5-4-6-10-11-8/h7,9H,3-6H2,1-2H3. The molecule has 5 nitrogen and oxygen atoms in total. The van der Waals surface area contributed by atoms with E-state index in [2.05, 4.69) is 22.3 Å². The highest BCUT2D eigenvalue weighted by Crippen LogP contribution is 1.90. The zero-order chi connectivity index (χ0) is 9.23. The van der Waals surface area contributed by atoms with E-state index in [9.17, 15) is 0 Å². The Morgan fingerprint density at radius 2 is 2.42 bits per heavy atom. The van der Waals surface area contributed by atoms with Gasteiger partial charge in [0.05, 0.1) is 0 Å². The van der Waals surface area contributed by atoms with E-state index in [0.29, 0.717) is 6.54 Å². The largest absolute Gasteiger partial charge is 0.367 e. The molecule has 0 aromatic carbocycles. The molecule has 1 atom stereocenters. The van der Waals surface area contributed by atoms with Gasteiger partial charge in [-0.25, -0.2) is 0 Å². The molecule has 0 saturated carbocycles. The zero-order valence-electron chi connectivity index (χ0n) is 7.66. The Kier molecular flexibility index (Phi) is 7.79. The highest BCUT2D eigenvalue weighted by Gasteiger charge is 1.99. The number of hydrogen-bond donors (Lipinski definition) is 1. The Bertz CT molecular complexity index is 140. The summed E-state index contributed by atoms with van der Waals surface area (Å²) in [5, 5.41) is 6.59. The van der Waals surface area contributed by atoms with Crippen LogP contribution in [-0.2, 0) is 4.74 Å². The number of nitrogens with one attached hydrogen (secondary N) is 1. The minimum absolute atomic E-state index is 0.121. The van der Waals surface area contributed by atoms with Gasteiger partial charge in [0.15, 0.2) is 0 Å². The van der Waals surface area contributed by atoms with Gasteiger partial charge < -0.3 is 4.74 Å². The quantitative estimate of drug-likeness (QED) is 0.208. The van der Waals surface area contributed by atoms with E-state index in [1.165, 1.54) is 0 Å². The predicted molar refractivity (Wildman–Crippen MR) is 47.7 cm³/mol. The van der Waals surface area contributed by atoms with Gasteiger partial charge in [-0.1, -0.05) is 12.0 Å². The van der Waals surface area contributed by atoms with Crippen LogP contribution in [0.5, 0.6) is 0 Å². The number of methoxy groups -OCH3 is 1. The van der Waals surface area contributed by atoms with Gasteiger partial charge >= 0.3 is 0 Å². The summed E-state index contributed by atoms with van der Waals surface area (Å²) in [6, 6.07) is 0. The molecule has 0 aliphatic heterocycles. The SMILES string of the molecule is CCC(NCCCN=[N+]=[N-])OC. The van der Waals surface area contributed by atoms with Crippen molar-refractivity contribution in [2.75, 3.05) is 20.2 Å². The highest BCUT2D eigenvalue weighted by molar-refractivity contribution is 4.54. The lowest BCUT2D eigenvalue weighted by Gasteiger charge is -2.13. The Balaban J connectivity index is 3.22. The van der Waals surface area contributed by atoms with Crippen LogP contribution in [-0.4, -0.2) is 26.4 Å². The summed E-state index contributed by atoms with van der Waals surface area (Å²) in [7, 11) is 1.68. The Morgan fingerprint density at radius 1 is 1.67 bits per heavy atom. The van der Waals surface area contributed by atoms with Gasteiger partial charge in [0.25, 0.3) is 0 Å². The second kappa shape index (κ2) is 8.33. The van der Waals surface area contributed by atoms with Gasteiger partial charge in [-0.3, -0.25) is 5.32 Å².